The maximum Gasteiger partial charge on any atom is 0.329 e. The van der Waals surface area contributed by atoms with Gasteiger partial charge in [-0.25, -0.2) is 4.79 Å². The normalized spacial score (nSPS) is 15.7. The molecule has 4 aromatic rings. The van der Waals surface area contributed by atoms with Crippen molar-refractivity contribution in [3.63, 3.8) is 0 Å². The molecule has 0 saturated carbocycles. The summed E-state index contributed by atoms with van der Waals surface area (Å²) < 4.78 is 20.9. The molecule has 1 fully saturated rings. The number of ether oxygens (including phenoxy) is 2. The number of imidazole rings is 1. The zero-order valence-corrected chi connectivity index (χ0v) is 23.7. The van der Waals surface area contributed by atoms with E-state index in [1.165, 1.54) is 0 Å². The second-order valence-electron chi connectivity index (χ2n) is 11.0. The van der Waals surface area contributed by atoms with E-state index >= 15 is 0 Å². The number of aryl methyl sites for hydroxylation is 2. The van der Waals surface area contributed by atoms with E-state index in [2.05, 4.69) is 36.9 Å². The molecule has 0 radical (unpaired) electrons. The third-order valence-electron chi connectivity index (χ3n) is 7.94. The summed E-state index contributed by atoms with van der Waals surface area (Å²) in [6, 6.07) is 16.1. The SMILES string of the molecule is COc1ccc(C)c(OC(CCN2CCC(n3c(=O)n(Cc4cc(C)on4)c4ccccc43)CC2)C(C)C)c1. The van der Waals surface area contributed by atoms with Crippen molar-refractivity contribution < 1.29 is 14.0 Å². The number of likely N-dealkylation sites (tertiary alicyclic amines) is 1. The lowest BCUT2D eigenvalue weighted by Gasteiger charge is -2.34. The molecule has 0 amide bonds. The molecule has 1 saturated heterocycles. The van der Waals surface area contributed by atoms with Crippen LogP contribution in [-0.2, 0) is 6.54 Å². The van der Waals surface area contributed by atoms with Crippen LogP contribution in [0, 0.1) is 19.8 Å². The number of piperidine rings is 1. The molecular weight excluding hydrogens is 492 g/mol. The van der Waals surface area contributed by atoms with Crippen LogP contribution in [0.25, 0.3) is 11.0 Å². The van der Waals surface area contributed by atoms with Crippen LogP contribution in [-0.4, -0.2) is 52.0 Å². The summed E-state index contributed by atoms with van der Waals surface area (Å²) in [5, 5.41) is 4.11. The number of methoxy groups -OCH3 is 1. The van der Waals surface area contributed by atoms with Crippen LogP contribution < -0.4 is 15.2 Å². The number of para-hydroxylation sites is 2. The molecule has 1 unspecified atom stereocenters. The molecule has 5 rings (SSSR count). The Bertz CT molecular complexity index is 1460. The quantitative estimate of drug-likeness (QED) is 0.265. The molecule has 0 aliphatic carbocycles. The van der Waals surface area contributed by atoms with Gasteiger partial charge < -0.3 is 18.9 Å². The predicted octanol–water partition coefficient (Wildman–Crippen LogP) is 5.60. The third-order valence-corrected chi connectivity index (χ3v) is 7.94. The van der Waals surface area contributed by atoms with Crippen molar-refractivity contribution in [2.24, 2.45) is 5.92 Å². The highest BCUT2D eigenvalue weighted by molar-refractivity contribution is 5.76. The van der Waals surface area contributed by atoms with Gasteiger partial charge in [0.25, 0.3) is 0 Å². The Labute approximate surface area is 230 Å². The summed E-state index contributed by atoms with van der Waals surface area (Å²) in [5.41, 5.74) is 3.83. The van der Waals surface area contributed by atoms with E-state index in [4.69, 9.17) is 14.0 Å². The first-order valence-corrected chi connectivity index (χ1v) is 14.0. The summed E-state index contributed by atoms with van der Waals surface area (Å²) in [6.45, 7) is 11.7. The average Bonchev–Trinajstić information content (AvgIpc) is 3.47. The molecule has 1 atom stereocenters. The Morgan fingerprint density at radius 2 is 1.79 bits per heavy atom. The fourth-order valence-corrected chi connectivity index (χ4v) is 5.63. The molecule has 0 N–H and O–H groups in total. The maximum atomic E-state index is 13.6. The van der Waals surface area contributed by atoms with Crippen molar-refractivity contribution in [1.82, 2.24) is 19.2 Å². The van der Waals surface area contributed by atoms with Crippen molar-refractivity contribution in [2.75, 3.05) is 26.7 Å². The lowest BCUT2D eigenvalue weighted by atomic mass is 10.0. The van der Waals surface area contributed by atoms with Gasteiger partial charge in [-0.1, -0.05) is 37.2 Å². The van der Waals surface area contributed by atoms with E-state index in [1.54, 1.807) is 7.11 Å². The van der Waals surface area contributed by atoms with Crippen LogP contribution in [0.15, 0.2) is 57.8 Å². The van der Waals surface area contributed by atoms with Gasteiger partial charge >= 0.3 is 5.69 Å². The molecule has 8 heteroatoms. The summed E-state index contributed by atoms with van der Waals surface area (Å²) >= 11 is 0. The molecule has 0 spiro atoms. The van der Waals surface area contributed by atoms with Gasteiger partial charge in [-0.3, -0.25) is 9.13 Å². The fourth-order valence-electron chi connectivity index (χ4n) is 5.63. The topological polar surface area (TPSA) is 74.7 Å². The molecule has 3 heterocycles. The van der Waals surface area contributed by atoms with Crippen molar-refractivity contribution in [3.8, 4) is 11.5 Å². The predicted molar refractivity (Wildman–Crippen MR) is 153 cm³/mol. The monoisotopic (exact) mass is 532 g/mol. The second-order valence-corrected chi connectivity index (χ2v) is 11.0. The first kappa shape index (κ1) is 27.1. The van der Waals surface area contributed by atoms with Crippen LogP contribution >= 0.6 is 0 Å². The number of rotatable bonds is 10. The van der Waals surface area contributed by atoms with Gasteiger partial charge in [0.05, 0.1) is 24.7 Å². The summed E-state index contributed by atoms with van der Waals surface area (Å²) in [4.78, 5) is 16.2. The lowest BCUT2D eigenvalue weighted by molar-refractivity contribution is 0.109. The van der Waals surface area contributed by atoms with Crippen LogP contribution in [0.3, 0.4) is 0 Å². The zero-order chi connectivity index (χ0) is 27.5. The Morgan fingerprint density at radius 1 is 1.05 bits per heavy atom. The minimum atomic E-state index is 0.0252. The number of benzene rings is 2. The van der Waals surface area contributed by atoms with Gasteiger partial charge in [-0.2, -0.15) is 0 Å². The van der Waals surface area contributed by atoms with Gasteiger partial charge in [0.2, 0.25) is 0 Å². The Hall–Kier alpha value is -3.52. The van der Waals surface area contributed by atoms with E-state index in [0.29, 0.717) is 12.5 Å². The van der Waals surface area contributed by atoms with Crippen molar-refractivity contribution in [3.05, 3.63) is 76.0 Å². The lowest BCUT2D eigenvalue weighted by Crippen LogP contribution is -2.40. The molecule has 0 bridgehead atoms. The minimum Gasteiger partial charge on any atom is -0.497 e. The van der Waals surface area contributed by atoms with Crippen molar-refractivity contribution in [1.29, 1.82) is 0 Å². The highest BCUT2D eigenvalue weighted by Crippen LogP contribution is 2.29. The van der Waals surface area contributed by atoms with E-state index in [9.17, 15) is 4.79 Å². The number of hydrogen-bond donors (Lipinski definition) is 0. The number of aromatic nitrogens is 3. The first-order valence-electron chi connectivity index (χ1n) is 14.0. The Morgan fingerprint density at radius 3 is 2.46 bits per heavy atom. The van der Waals surface area contributed by atoms with Gasteiger partial charge in [0.15, 0.2) is 0 Å². The molecule has 1 aliphatic heterocycles. The van der Waals surface area contributed by atoms with Gasteiger partial charge in [0.1, 0.15) is 29.1 Å². The molecule has 208 valence electrons. The van der Waals surface area contributed by atoms with Crippen molar-refractivity contribution >= 4 is 11.0 Å². The Balaban J connectivity index is 1.24. The molecule has 2 aromatic heterocycles. The fraction of sp³-hybridized carbons (Fsp3) is 0.484. The standard InChI is InChI=1S/C31H40N4O4/c1-21(2)29(38-30-19-26(37-5)11-10-22(30)3)14-17-33-15-12-25(13-16-33)35-28-9-7-6-8-27(28)34(31(35)36)20-24-18-23(4)39-32-24/h6-11,18-19,21,25,29H,12-17,20H2,1-5H3. The zero-order valence-electron chi connectivity index (χ0n) is 23.7. The number of hydrogen-bond acceptors (Lipinski definition) is 6. The number of fused-ring (bicyclic) bond motifs is 1. The van der Waals surface area contributed by atoms with E-state index in [1.807, 2.05) is 58.5 Å². The molecule has 1 aliphatic rings. The smallest absolute Gasteiger partial charge is 0.329 e. The van der Waals surface area contributed by atoms with Crippen LogP contribution in [0.5, 0.6) is 11.5 Å². The van der Waals surface area contributed by atoms with E-state index < -0.39 is 0 Å². The summed E-state index contributed by atoms with van der Waals surface area (Å²) in [5.74, 6) is 2.85. The van der Waals surface area contributed by atoms with E-state index in [-0.39, 0.29) is 17.8 Å². The largest absolute Gasteiger partial charge is 0.497 e. The highest BCUT2D eigenvalue weighted by atomic mass is 16.5. The highest BCUT2D eigenvalue weighted by Gasteiger charge is 2.26. The second kappa shape index (κ2) is 11.7. The van der Waals surface area contributed by atoms with Crippen LogP contribution in [0.1, 0.15) is 56.2 Å². The maximum absolute atomic E-state index is 13.6. The molecule has 39 heavy (non-hydrogen) atoms. The Kier molecular flexibility index (Phi) is 8.12. The molecule has 8 nitrogen and oxygen atoms in total. The van der Waals surface area contributed by atoms with Gasteiger partial charge in [0, 0.05) is 37.8 Å². The van der Waals surface area contributed by atoms with Crippen LogP contribution in [0.2, 0.25) is 0 Å². The third kappa shape index (κ3) is 5.91. The van der Waals surface area contributed by atoms with Gasteiger partial charge in [-0.15, -0.1) is 0 Å². The average molecular weight is 533 g/mol. The summed E-state index contributed by atoms with van der Waals surface area (Å²) in [7, 11) is 1.68. The summed E-state index contributed by atoms with van der Waals surface area (Å²) in [6.07, 6.45) is 2.96. The van der Waals surface area contributed by atoms with Crippen LogP contribution in [0.4, 0.5) is 0 Å². The van der Waals surface area contributed by atoms with E-state index in [0.717, 1.165) is 78.4 Å². The van der Waals surface area contributed by atoms with Crippen molar-refractivity contribution in [2.45, 2.75) is 65.6 Å². The first-order chi connectivity index (χ1) is 18.8. The van der Waals surface area contributed by atoms with Gasteiger partial charge in [-0.05, 0) is 62.8 Å². The number of nitrogens with zero attached hydrogens (tertiary/aromatic N) is 4. The minimum absolute atomic E-state index is 0.0252. The molecule has 2 aromatic carbocycles. The molecular formula is C31H40N4O4.